The minimum atomic E-state index is -0.435. The van der Waals surface area contributed by atoms with Crippen LogP contribution in [0, 0.1) is 0 Å². The summed E-state index contributed by atoms with van der Waals surface area (Å²) in [6, 6.07) is 8.06. The summed E-state index contributed by atoms with van der Waals surface area (Å²) in [6.45, 7) is 3.18. The van der Waals surface area contributed by atoms with Gasteiger partial charge in [0, 0.05) is 12.2 Å². The molecule has 0 saturated heterocycles. The van der Waals surface area contributed by atoms with E-state index in [4.69, 9.17) is 4.74 Å². The van der Waals surface area contributed by atoms with E-state index in [1.807, 2.05) is 23.1 Å². The number of rotatable bonds is 5. The number of nitrogens with zero attached hydrogens (tertiary/aromatic N) is 1. The van der Waals surface area contributed by atoms with E-state index in [0.29, 0.717) is 6.61 Å². The predicted molar refractivity (Wildman–Crippen MR) is 68.6 cm³/mol. The van der Waals surface area contributed by atoms with Gasteiger partial charge in [0.2, 0.25) is 0 Å². The Hall–Kier alpha value is -1.84. The number of anilines is 1. The number of ketones is 1. The molecule has 0 saturated carbocycles. The highest BCUT2D eigenvalue weighted by Crippen LogP contribution is 2.26. The van der Waals surface area contributed by atoms with Crippen molar-refractivity contribution in [3.63, 3.8) is 0 Å². The van der Waals surface area contributed by atoms with E-state index in [0.717, 1.165) is 18.7 Å². The van der Waals surface area contributed by atoms with Gasteiger partial charge < -0.3 is 9.64 Å². The van der Waals surface area contributed by atoms with Crippen molar-refractivity contribution in [3.8, 4) is 0 Å². The van der Waals surface area contributed by atoms with Crippen molar-refractivity contribution in [2.45, 2.75) is 19.8 Å². The van der Waals surface area contributed by atoms with Gasteiger partial charge in [-0.2, -0.15) is 0 Å². The van der Waals surface area contributed by atoms with E-state index in [-0.39, 0.29) is 18.7 Å². The van der Waals surface area contributed by atoms with Crippen LogP contribution in [0.25, 0.3) is 0 Å². The van der Waals surface area contributed by atoms with Crippen LogP contribution in [0.15, 0.2) is 24.3 Å². The van der Waals surface area contributed by atoms with E-state index in [2.05, 4.69) is 6.07 Å². The minimum Gasteiger partial charge on any atom is -0.466 e. The van der Waals surface area contributed by atoms with E-state index >= 15 is 0 Å². The summed E-state index contributed by atoms with van der Waals surface area (Å²) >= 11 is 0. The van der Waals surface area contributed by atoms with Gasteiger partial charge in [-0.3, -0.25) is 9.59 Å². The highest BCUT2D eigenvalue weighted by Gasteiger charge is 2.21. The molecule has 18 heavy (non-hydrogen) atoms. The van der Waals surface area contributed by atoms with Crippen LogP contribution in [-0.4, -0.2) is 31.4 Å². The first kappa shape index (κ1) is 12.6. The van der Waals surface area contributed by atoms with Gasteiger partial charge in [0.1, 0.15) is 6.42 Å². The normalized spacial score (nSPS) is 13.3. The van der Waals surface area contributed by atoms with Crippen molar-refractivity contribution in [2.75, 3.05) is 24.6 Å². The molecule has 4 heteroatoms. The lowest BCUT2D eigenvalue weighted by Gasteiger charge is -2.17. The largest absolute Gasteiger partial charge is 0.466 e. The lowest BCUT2D eigenvalue weighted by atomic mass is 10.2. The molecule has 0 spiro atoms. The van der Waals surface area contributed by atoms with Gasteiger partial charge in [-0.25, -0.2) is 0 Å². The fraction of sp³-hybridized carbons (Fsp3) is 0.429. The zero-order valence-electron chi connectivity index (χ0n) is 10.5. The number of hydrogen-bond donors (Lipinski definition) is 0. The third-order valence-corrected chi connectivity index (χ3v) is 3.00. The first-order valence-electron chi connectivity index (χ1n) is 6.21. The van der Waals surface area contributed by atoms with Crippen molar-refractivity contribution in [2.24, 2.45) is 0 Å². The van der Waals surface area contributed by atoms with Crippen molar-refractivity contribution in [3.05, 3.63) is 29.8 Å². The summed E-state index contributed by atoms with van der Waals surface area (Å²) < 4.78 is 4.77. The minimum absolute atomic E-state index is 0.0925. The predicted octanol–water partition coefficient (Wildman–Crippen LogP) is 1.57. The van der Waals surface area contributed by atoms with Gasteiger partial charge in [0.05, 0.1) is 13.2 Å². The SMILES string of the molecule is CCOC(=O)CC(=O)CN1CCc2ccccc21. The molecule has 0 fully saturated rings. The molecule has 2 rings (SSSR count). The highest BCUT2D eigenvalue weighted by molar-refractivity contribution is 5.98. The number of fused-ring (bicyclic) bond motifs is 1. The molecule has 1 aliphatic rings. The van der Waals surface area contributed by atoms with Crippen molar-refractivity contribution >= 4 is 17.4 Å². The molecule has 0 aliphatic carbocycles. The third kappa shape index (κ3) is 2.88. The van der Waals surface area contributed by atoms with Gasteiger partial charge >= 0.3 is 5.97 Å². The fourth-order valence-corrected chi connectivity index (χ4v) is 2.21. The number of hydrogen-bond acceptors (Lipinski definition) is 4. The zero-order valence-corrected chi connectivity index (χ0v) is 10.5. The summed E-state index contributed by atoms with van der Waals surface area (Å²) in [6.07, 6.45) is 0.829. The topological polar surface area (TPSA) is 46.6 Å². The number of esters is 1. The lowest BCUT2D eigenvalue weighted by Crippen LogP contribution is -2.29. The lowest BCUT2D eigenvalue weighted by molar-refractivity contribution is -0.145. The third-order valence-electron chi connectivity index (χ3n) is 3.00. The number of benzene rings is 1. The molecule has 0 unspecified atom stereocenters. The Morgan fingerprint density at radius 3 is 2.89 bits per heavy atom. The molecule has 1 aromatic carbocycles. The quantitative estimate of drug-likeness (QED) is 0.585. The summed E-state index contributed by atoms with van der Waals surface area (Å²) in [4.78, 5) is 25.0. The number of carbonyl (C=O) groups excluding carboxylic acids is 2. The molecule has 1 aromatic rings. The molecule has 1 heterocycles. The molecule has 1 aliphatic heterocycles. The zero-order chi connectivity index (χ0) is 13.0. The molecule has 96 valence electrons. The van der Waals surface area contributed by atoms with Crippen LogP contribution in [0.3, 0.4) is 0 Å². The molecular formula is C14H17NO3. The summed E-state index contributed by atoms with van der Waals surface area (Å²) in [5.74, 6) is -0.528. The number of Topliss-reactive ketones (excluding diaryl/α,β-unsaturated/α-hetero) is 1. The smallest absolute Gasteiger partial charge is 0.313 e. The first-order valence-corrected chi connectivity index (χ1v) is 6.21. The number of para-hydroxylation sites is 1. The molecule has 4 nitrogen and oxygen atoms in total. The van der Waals surface area contributed by atoms with E-state index in [1.54, 1.807) is 6.92 Å². The van der Waals surface area contributed by atoms with Crippen LogP contribution in [0.4, 0.5) is 5.69 Å². The second-order valence-corrected chi connectivity index (χ2v) is 4.32. The molecule has 0 aromatic heterocycles. The molecule has 0 bridgehead atoms. The van der Waals surface area contributed by atoms with Gasteiger partial charge in [-0.15, -0.1) is 0 Å². The van der Waals surface area contributed by atoms with Crippen molar-refractivity contribution in [1.29, 1.82) is 0 Å². The Morgan fingerprint density at radius 1 is 1.33 bits per heavy atom. The monoisotopic (exact) mass is 247 g/mol. The first-order chi connectivity index (χ1) is 8.70. The van der Waals surface area contributed by atoms with Crippen LogP contribution in [0.2, 0.25) is 0 Å². The van der Waals surface area contributed by atoms with Gasteiger partial charge in [0.25, 0.3) is 0 Å². The molecule has 0 radical (unpaired) electrons. The maximum absolute atomic E-state index is 11.8. The summed E-state index contributed by atoms with van der Waals surface area (Å²) in [5.41, 5.74) is 2.37. The standard InChI is InChI=1S/C14H17NO3/c1-2-18-14(17)9-12(16)10-15-8-7-11-5-3-4-6-13(11)15/h3-6H,2,7-10H2,1H3. The maximum atomic E-state index is 11.8. The highest BCUT2D eigenvalue weighted by atomic mass is 16.5. The maximum Gasteiger partial charge on any atom is 0.313 e. The molecular weight excluding hydrogens is 230 g/mol. The number of ether oxygens (including phenoxy) is 1. The van der Waals surface area contributed by atoms with Crippen molar-refractivity contribution < 1.29 is 14.3 Å². The van der Waals surface area contributed by atoms with E-state index in [9.17, 15) is 9.59 Å². The van der Waals surface area contributed by atoms with E-state index < -0.39 is 5.97 Å². The van der Waals surface area contributed by atoms with Gasteiger partial charge in [-0.05, 0) is 25.0 Å². The molecule has 0 amide bonds. The van der Waals surface area contributed by atoms with E-state index in [1.165, 1.54) is 5.56 Å². The Balaban J connectivity index is 1.91. The van der Waals surface area contributed by atoms with Crippen LogP contribution < -0.4 is 4.90 Å². The van der Waals surface area contributed by atoms with Gasteiger partial charge in [0.15, 0.2) is 5.78 Å². The van der Waals surface area contributed by atoms with Crippen LogP contribution >= 0.6 is 0 Å². The summed E-state index contributed by atoms with van der Waals surface area (Å²) in [7, 11) is 0. The Morgan fingerprint density at radius 2 is 2.11 bits per heavy atom. The van der Waals surface area contributed by atoms with Crippen molar-refractivity contribution in [1.82, 2.24) is 0 Å². The van der Waals surface area contributed by atoms with Crippen LogP contribution in [0.5, 0.6) is 0 Å². The second kappa shape index (κ2) is 5.67. The fourth-order valence-electron chi connectivity index (χ4n) is 2.21. The molecule has 0 N–H and O–H groups in total. The summed E-state index contributed by atoms with van der Waals surface area (Å²) in [5, 5.41) is 0. The Bertz CT molecular complexity index is 456. The average molecular weight is 247 g/mol. The molecule has 0 atom stereocenters. The second-order valence-electron chi connectivity index (χ2n) is 4.32. The average Bonchev–Trinajstić information content (AvgIpc) is 2.73. The Labute approximate surface area is 107 Å². The van der Waals surface area contributed by atoms with Crippen LogP contribution in [0.1, 0.15) is 18.9 Å². The van der Waals surface area contributed by atoms with Gasteiger partial charge in [-0.1, -0.05) is 18.2 Å². The van der Waals surface area contributed by atoms with Crippen LogP contribution in [-0.2, 0) is 20.7 Å². The number of carbonyl (C=O) groups is 2. The Kier molecular flexibility index (Phi) is 3.97.